The molecule has 0 aliphatic rings. The van der Waals surface area contributed by atoms with Crippen molar-refractivity contribution in [3.05, 3.63) is 66.4 Å². The van der Waals surface area contributed by atoms with Crippen LogP contribution in [0.5, 0.6) is 0 Å². The standard InChI is InChI=1S/C13H13BrN2O2/c1-8-4-3-5-9(2)10(8)6-16-7-11(14)12(17)15-13(16)18/h3-5,7H,6H2,1-2H3,(H,15,17,18). The van der Waals surface area contributed by atoms with Crippen molar-refractivity contribution in [2.24, 2.45) is 0 Å². The summed E-state index contributed by atoms with van der Waals surface area (Å²) in [4.78, 5) is 25.2. The van der Waals surface area contributed by atoms with Crippen LogP contribution in [0.15, 0.2) is 38.5 Å². The molecule has 0 bridgehead atoms. The molecule has 1 aromatic heterocycles. The first-order valence-electron chi connectivity index (χ1n) is 5.53. The van der Waals surface area contributed by atoms with Crippen LogP contribution in [0, 0.1) is 13.8 Å². The van der Waals surface area contributed by atoms with Crippen molar-refractivity contribution in [2.45, 2.75) is 20.4 Å². The molecule has 0 aliphatic heterocycles. The summed E-state index contributed by atoms with van der Waals surface area (Å²) in [5.41, 5.74) is 2.55. The average Bonchev–Trinajstić information content (AvgIpc) is 2.30. The number of nitrogens with zero attached hydrogens (tertiary/aromatic N) is 1. The van der Waals surface area contributed by atoms with E-state index < -0.39 is 11.2 Å². The summed E-state index contributed by atoms with van der Waals surface area (Å²) in [6, 6.07) is 6.00. The highest BCUT2D eigenvalue weighted by Gasteiger charge is 2.06. The molecule has 0 amide bonds. The zero-order chi connectivity index (χ0) is 13.3. The lowest BCUT2D eigenvalue weighted by Gasteiger charge is -2.11. The molecule has 5 heteroatoms. The quantitative estimate of drug-likeness (QED) is 0.922. The van der Waals surface area contributed by atoms with Gasteiger partial charge in [-0.3, -0.25) is 14.3 Å². The monoisotopic (exact) mass is 308 g/mol. The number of hydrogen-bond acceptors (Lipinski definition) is 2. The maximum atomic E-state index is 11.7. The van der Waals surface area contributed by atoms with Gasteiger partial charge in [0, 0.05) is 6.20 Å². The molecule has 0 fully saturated rings. The van der Waals surface area contributed by atoms with Crippen molar-refractivity contribution in [1.82, 2.24) is 9.55 Å². The van der Waals surface area contributed by atoms with Crippen LogP contribution in [0.2, 0.25) is 0 Å². The van der Waals surface area contributed by atoms with E-state index in [-0.39, 0.29) is 0 Å². The molecule has 0 aliphatic carbocycles. The van der Waals surface area contributed by atoms with Gasteiger partial charge in [-0.05, 0) is 46.5 Å². The predicted molar refractivity (Wildman–Crippen MR) is 74.0 cm³/mol. The van der Waals surface area contributed by atoms with Crippen molar-refractivity contribution in [3.8, 4) is 0 Å². The lowest BCUT2D eigenvalue weighted by atomic mass is 10.0. The Morgan fingerprint density at radius 1 is 1.22 bits per heavy atom. The van der Waals surface area contributed by atoms with E-state index >= 15 is 0 Å². The fourth-order valence-corrected chi connectivity index (χ4v) is 2.22. The zero-order valence-corrected chi connectivity index (χ0v) is 11.7. The maximum Gasteiger partial charge on any atom is 0.328 e. The molecule has 18 heavy (non-hydrogen) atoms. The van der Waals surface area contributed by atoms with Gasteiger partial charge < -0.3 is 0 Å². The van der Waals surface area contributed by atoms with E-state index in [1.807, 2.05) is 32.0 Å². The number of H-pyrrole nitrogens is 1. The molecule has 1 heterocycles. The maximum absolute atomic E-state index is 11.7. The highest BCUT2D eigenvalue weighted by molar-refractivity contribution is 9.10. The van der Waals surface area contributed by atoms with E-state index in [9.17, 15) is 9.59 Å². The molecule has 0 saturated heterocycles. The van der Waals surface area contributed by atoms with Crippen LogP contribution in [-0.4, -0.2) is 9.55 Å². The van der Waals surface area contributed by atoms with Crippen molar-refractivity contribution in [1.29, 1.82) is 0 Å². The number of halogens is 1. The summed E-state index contributed by atoms with van der Waals surface area (Å²) >= 11 is 3.13. The summed E-state index contributed by atoms with van der Waals surface area (Å²) in [5, 5.41) is 0. The molecule has 0 saturated carbocycles. The molecule has 0 radical (unpaired) electrons. The lowest BCUT2D eigenvalue weighted by Crippen LogP contribution is -2.30. The minimum absolute atomic E-state index is 0.355. The molecular formula is C13H13BrN2O2. The van der Waals surface area contributed by atoms with Gasteiger partial charge in [-0.2, -0.15) is 0 Å². The largest absolute Gasteiger partial charge is 0.328 e. The van der Waals surface area contributed by atoms with Gasteiger partial charge in [-0.1, -0.05) is 18.2 Å². The van der Waals surface area contributed by atoms with Crippen LogP contribution in [0.25, 0.3) is 0 Å². The number of aromatic amines is 1. The van der Waals surface area contributed by atoms with E-state index in [0.717, 1.165) is 16.7 Å². The Hall–Kier alpha value is -1.62. The van der Waals surface area contributed by atoms with Crippen LogP contribution >= 0.6 is 15.9 Å². The lowest BCUT2D eigenvalue weighted by molar-refractivity contribution is 0.710. The third kappa shape index (κ3) is 2.46. The van der Waals surface area contributed by atoms with Gasteiger partial charge in [0.05, 0.1) is 11.0 Å². The molecular weight excluding hydrogens is 296 g/mol. The fraction of sp³-hybridized carbons (Fsp3) is 0.231. The Morgan fingerprint density at radius 2 is 1.83 bits per heavy atom. The first-order chi connectivity index (χ1) is 8.49. The van der Waals surface area contributed by atoms with Gasteiger partial charge in [0.25, 0.3) is 5.56 Å². The van der Waals surface area contributed by atoms with Crippen LogP contribution in [0.4, 0.5) is 0 Å². The Bertz CT molecular complexity index is 681. The number of rotatable bonds is 2. The van der Waals surface area contributed by atoms with Crippen LogP contribution < -0.4 is 11.2 Å². The number of aryl methyl sites for hydroxylation is 2. The molecule has 94 valence electrons. The van der Waals surface area contributed by atoms with E-state index in [1.54, 1.807) is 0 Å². The van der Waals surface area contributed by atoms with E-state index in [4.69, 9.17) is 0 Å². The van der Waals surface area contributed by atoms with Gasteiger partial charge in [-0.25, -0.2) is 4.79 Å². The molecule has 2 aromatic rings. The van der Waals surface area contributed by atoms with Crippen LogP contribution in [0.3, 0.4) is 0 Å². The SMILES string of the molecule is Cc1cccc(C)c1Cn1cc(Br)c(=O)[nH]c1=O. The van der Waals surface area contributed by atoms with Crippen LogP contribution in [0.1, 0.15) is 16.7 Å². The van der Waals surface area contributed by atoms with Gasteiger partial charge in [0.15, 0.2) is 0 Å². The summed E-state index contributed by atoms with van der Waals surface area (Å²) < 4.78 is 1.84. The molecule has 1 aromatic carbocycles. The first kappa shape index (κ1) is 12.8. The molecule has 0 spiro atoms. The second-order valence-electron chi connectivity index (χ2n) is 4.23. The smallest absolute Gasteiger partial charge is 0.295 e. The van der Waals surface area contributed by atoms with E-state index in [1.165, 1.54) is 10.8 Å². The highest BCUT2D eigenvalue weighted by Crippen LogP contribution is 2.14. The third-order valence-corrected chi connectivity index (χ3v) is 3.51. The molecule has 0 atom stereocenters. The highest BCUT2D eigenvalue weighted by atomic mass is 79.9. The van der Waals surface area contributed by atoms with Gasteiger partial charge >= 0.3 is 5.69 Å². The fourth-order valence-electron chi connectivity index (χ4n) is 1.87. The van der Waals surface area contributed by atoms with Crippen molar-refractivity contribution >= 4 is 15.9 Å². The normalized spacial score (nSPS) is 10.6. The summed E-state index contributed by atoms with van der Waals surface area (Å²) in [7, 11) is 0. The Labute approximate surface area is 112 Å². The second-order valence-corrected chi connectivity index (χ2v) is 5.09. The number of benzene rings is 1. The van der Waals surface area contributed by atoms with E-state index in [2.05, 4.69) is 20.9 Å². The first-order valence-corrected chi connectivity index (χ1v) is 6.32. The molecule has 4 nitrogen and oxygen atoms in total. The van der Waals surface area contributed by atoms with Gasteiger partial charge in [-0.15, -0.1) is 0 Å². The minimum Gasteiger partial charge on any atom is -0.295 e. The Kier molecular flexibility index (Phi) is 3.52. The average molecular weight is 309 g/mol. The van der Waals surface area contributed by atoms with Gasteiger partial charge in [0.1, 0.15) is 0 Å². The molecule has 1 N–H and O–H groups in total. The third-order valence-electron chi connectivity index (χ3n) is 2.94. The summed E-state index contributed by atoms with van der Waals surface area (Å²) in [6.45, 7) is 4.47. The van der Waals surface area contributed by atoms with E-state index in [0.29, 0.717) is 11.0 Å². The predicted octanol–water partition coefficient (Wildman–Crippen LogP) is 1.96. The zero-order valence-electron chi connectivity index (χ0n) is 10.2. The van der Waals surface area contributed by atoms with Gasteiger partial charge in [0.2, 0.25) is 0 Å². The second kappa shape index (κ2) is 4.94. The topological polar surface area (TPSA) is 54.9 Å². The number of nitrogens with one attached hydrogen (secondary N) is 1. The Morgan fingerprint density at radius 3 is 2.44 bits per heavy atom. The van der Waals surface area contributed by atoms with Crippen molar-refractivity contribution < 1.29 is 0 Å². The number of aromatic nitrogens is 2. The van der Waals surface area contributed by atoms with Crippen molar-refractivity contribution in [3.63, 3.8) is 0 Å². The summed E-state index contributed by atoms with van der Waals surface area (Å²) in [6.07, 6.45) is 1.52. The molecule has 0 unspecified atom stereocenters. The minimum atomic E-state index is -0.405. The van der Waals surface area contributed by atoms with Crippen LogP contribution in [-0.2, 0) is 6.54 Å². The Balaban J connectivity index is 2.50. The summed E-state index contributed by atoms with van der Waals surface area (Å²) in [5.74, 6) is 0. The van der Waals surface area contributed by atoms with Crippen molar-refractivity contribution in [2.75, 3.05) is 0 Å². The number of hydrogen-bond donors (Lipinski definition) is 1. The molecule has 2 rings (SSSR count).